The van der Waals surface area contributed by atoms with Gasteiger partial charge in [-0.15, -0.1) is 0 Å². The minimum absolute atomic E-state index is 0.00161. The van der Waals surface area contributed by atoms with Gasteiger partial charge in [-0.1, -0.05) is 0 Å². The molecule has 22 heavy (non-hydrogen) atoms. The Balaban J connectivity index is 2.03. The fourth-order valence-corrected chi connectivity index (χ4v) is 2.48. The van der Waals surface area contributed by atoms with Crippen molar-refractivity contribution in [2.75, 3.05) is 13.1 Å². The molecule has 0 bridgehead atoms. The first-order chi connectivity index (χ1) is 10.2. The highest BCUT2D eigenvalue weighted by atomic mass is 16.6. The lowest BCUT2D eigenvalue weighted by Crippen LogP contribution is -2.59. The number of aromatic hydroxyl groups is 2. The van der Waals surface area contributed by atoms with Gasteiger partial charge in [0.15, 0.2) is 11.8 Å². The van der Waals surface area contributed by atoms with Gasteiger partial charge in [0.25, 0.3) is 0 Å². The quantitative estimate of drug-likeness (QED) is 0.770. The third kappa shape index (κ3) is 3.85. The molecule has 1 amide bonds. The Morgan fingerprint density at radius 3 is 2.50 bits per heavy atom. The molecule has 0 radical (unpaired) electrons. The van der Waals surface area contributed by atoms with Crippen molar-refractivity contribution >= 4 is 6.09 Å². The Hall–Kier alpha value is -1.89. The van der Waals surface area contributed by atoms with E-state index in [9.17, 15) is 15.0 Å². The molecule has 124 valence electrons. The van der Waals surface area contributed by atoms with E-state index in [4.69, 9.17) is 4.74 Å². The zero-order valence-corrected chi connectivity index (χ0v) is 13.5. The topological polar surface area (TPSA) is 87.0 Å². The van der Waals surface area contributed by atoms with Gasteiger partial charge in [0.05, 0.1) is 0 Å². The molecule has 2 atom stereocenters. The molecule has 0 spiro atoms. The number of amides is 1. The molecular formula is C15H25N3O4. The maximum atomic E-state index is 12.3. The van der Waals surface area contributed by atoms with E-state index in [1.165, 1.54) is 16.7 Å². The summed E-state index contributed by atoms with van der Waals surface area (Å²) >= 11 is 0. The zero-order valence-electron chi connectivity index (χ0n) is 13.5. The van der Waals surface area contributed by atoms with Crippen LogP contribution in [0.3, 0.4) is 0 Å². The number of rotatable bonds is 2. The fourth-order valence-electron chi connectivity index (χ4n) is 2.48. The smallest absolute Gasteiger partial charge is 0.410 e. The maximum Gasteiger partial charge on any atom is 0.410 e. The first-order valence-corrected chi connectivity index (χ1v) is 7.48. The molecule has 0 aliphatic carbocycles. The third-order valence-corrected chi connectivity index (χ3v) is 3.62. The van der Waals surface area contributed by atoms with Crippen LogP contribution in [0.5, 0.6) is 11.8 Å². The Kier molecular flexibility index (Phi) is 4.55. The molecule has 1 aliphatic heterocycles. The second-order valence-corrected chi connectivity index (χ2v) is 6.75. The van der Waals surface area contributed by atoms with Crippen LogP contribution >= 0.6 is 0 Å². The minimum atomic E-state index is -0.534. The molecule has 1 aliphatic rings. The highest BCUT2D eigenvalue weighted by Gasteiger charge is 2.32. The number of hydrogen-bond donors (Lipinski definition) is 3. The van der Waals surface area contributed by atoms with Gasteiger partial charge in [-0.2, -0.15) is 0 Å². The van der Waals surface area contributed by atoms with Crippen molar-refractivity contribution < 1.29 is 19.7 Å². The summed E-state index contributed by atoms with van der Waals surface area (Å²) in [5.74, 6) is 0.00322. The third-order valence-electron chi connectivity index (χ3n) is 3.62. The summed E-state index contributed by atoms with van der Waals surface area (Å²) in [6.45, 7) is 8.93. The Morgan fingerprint density at radius 2 is 1.95 bits per heavy atom. The molecule has 2 rings (SSSR count). The van der Waals surface area contributed by atoms with E-state index in [1.54, 1.807) is 4.90 Å². The molecule has 0 unspecified atom stereocenters. The second-order valence-electron chi connectivity index (χ2n) is 6.75. The van der Waals surface area contributed by atoms with Gasteiger partial charge in [0, 0.05) is 43.9 Å². The van der Waals surface area contributed by atoms with E-state index in [0.29, 0.717) is 19.6 Å². The number of nitrogens with zero attached hydrogens (tertiary/aromatic N) is 2. The predicted molar refractivity (Wildman–Crippen MR) is 82.0 cm³/mol. The van der Waals surface area contributed by atoms with Gasteiger partial charge < -0.3 is 25.2 Å². The summed E-state index contributed by atoms with van der Waals surface area (Å²) in [4.78, 5) is 14.0. The molecule has 0 aromatic carbocycles. The summed E-state index contributed by atoms with van der Waals surface area (Å²) in [5.41, 5.74) is -0.534. The highest BCUT2D eigenvalue weighted by Crippen LogP contribution is 2.22. The van der Waals surface area contributed by atoms with Crippen molar-refractivity contribution in [1.29, 1.82) is 0 Å². The van der Waals surface area contributed by atoms with Crippen LogP contribution in [-0.2, 0) is 11.3 Å². The Morgan fingerprint density at radius 1 is 1.36 bits per heavy atom. The van der Waals surface area contributed by atoms with Crippen molar-refractivity contribution in [3.63, 3.8) is 0 Å². The summed E-state index contributed by atoms with van der Waals surface area (Å²) in [6.07, 6.45) is -0.340. The van der Waals surface area contributed by atoms with Gasteiger partial charge in [-0.05, 0) is 27.7 Å². The van der Waals surface area contributed by atoms with Crippen molar-refractivity contribution in [1.82, 2.24) is 14.8 Å². The molecule has 2 heterocycles. The molecule has 3 N–H and O–H groups in total. The SMILES string of the molecule is C[C@@H]1CN[C@@H](Cn2c(O)ccc2O)CN1C(=O)OC(C)(C)C. The van der Waals surface area contributed by atoms with Gasteiger partial charge >= 0.3 is 6.09 Å². The first-order valence-electron chi connectivity index (χ1n) is 7.48. The minimum Gasteiger partial charge on any atom is -0.494 e. The monoisotopic (exact) mass is 311 g/mol. The number of ether oxygens (including phenoxy) is 1. The van der Waals surface area contributed by atoms with Gasteiger partial charge in [0.1, 0.15) is 5.60 Å². The number of nitrogens with one attached hydrogen (secondary N) is 1. The summed E-state index contributed by atoms with van der Waals surface area (Å²) in [5, 5.41) is 22.7. The van der Waals surface area contributed by atoms with Crippen LogP contribution in [0.1, 0.15) is 27.7 Å². The largest absolute Gasteiger partial charge is 0.494 e. The van der Waals surface area contributed by atoms with Crippen LogP contribution in [0.25, 0.3) is 0 Å². The number of carbonyl (C=O) groups is 1. The van der Waals surface area contributed by atoms with Crippen molar-refractivity contribution in [3.05, 3.63) is 12.1 Å². The predicted octanol–water partition coefficient (Wildman–Crippen LogP) is 1.50. The van der Waals surface area contributed by atoms with Crippen LogP contribution in [0, 0.1) is 0 Å². The molecule has 1 saturated heterocycles. The number of piperazine rings is 1. The van der Waals surface area contributed by atoms with Crippen LogP contribution < -0.4 is 5.32 Å². The lowest BCUT2D eigenvalue weighted by molar-refractivity contribution is 0.00879. The van der Waals surface area contributed by atoms with E-state index in [-0.39, 0.29) is 29.9 Å². The fraction of sp³-hybridized carbons (Fsp3) is 0.667. The van der Waals surface area contributed by atoms with E-state index in [0.717, 1.165) is 0 Å². The first kappa shape index (κ1) is 16.5. The average molecular weight is 311 g/mol. The molecular weight excluding hydrogens is 286 g/mol. The Bertz CT molecular complexity index is 516. The zero-order chi connectivity index (χ0) is 16.5. The van der Waals surface area contributed by atoms with E-state index in [1.807, 2.05) is 27.7 Å². The highest BCUT2D eigenvalue weighted by molar-refractivity contribution is 5.68. The molecule has 0 saturated carbocycles. The van der Waals surface area contributed by atoms with Gasteiger partial charge in [-0.25, -0.2) is 4.79 Å². The van der Waals surface area contributed by atoms with Crippen LogP contribution in [0.4, 0.5) is 4.79 Å². The van der Waals surface area contributed by atoms with E-state index in [2.05, 4.69) is 5.32 Å². The molecule has 7 heteroatoms. The standard InChI is InChI=1S/C15H25N3O4/c1-10-7-16-11(9-18-12(19)5-6-13(18)20)8-17(10)14(21)22-15(2,3)4/h5-6,10-11,16,19-20H,7-9H2,1-4H3/t10-,11-/m1/s1. The summed E-state index contributed by atoms with van der Waals surface area (Å²) < 4.78 is 6.84. The summed E-state index contributed by atoms with van der Waals surface area (Å²) in [6, 6.07) is 2.82. The normalized spacial score (nSPS) is 22.6. The van der Waals surface area contributed by atoms with Crippen molar-refractivity contribution in [3.8, 4) is 11.8 Å². The van der Waals surface area contributed by atoms with Gasteiger partial charge in [0.2, 0.25) is 0 Å². The number of carbonyl (C=O) groups excluding carboxylic acids is 1. The van der Waals surface area contributed by atoms with E-state index >= 15 is 0 Å². The van der Waals surface area contributed by atoms with Crippen LogP contribution in [0.2, 0.25) is 0 Å². The molecule has 7 nitrogen and oxygen atoms in total. The summed E-state index contributed by atoms with van der Waals surface area (Å²) in [7, 11) is 0. The lowest BCUT2D eigenvalue weighted by Gasteiger charge is -2.39. The van der Waals surface area contributed by atoms with Crippen LogP contribution in [0.15, 0.2) is 12.1 Å². The van der Waals surface area contributed by atoms with Crippen molar-refractivity contribution in [2.24, 2.45) is 0 Å². The molecule has 1 aromatic rings. The Labute approximate surface area is 130 Å². The molecule has 1 aromatic heterocycles. The molecule has 1 fully saturated rings. The maximum absolute atomic E-state index is 12.3. The average Bonchev–Trinajstić information content (AvgIpc) is 2.70. The second kappa shape index (κ2) is 6.08. The van der Waals surface area contributed by atoms with Crippen LogP contribution in [-0.4, -0.2) is 56.5 Å². The lowest BCUT2D eigenvalue weighted by atomic mass is 10.1. The van der Waals surface area contributed by atoms with Crippen molar-refractivity contribution in [2.45, 2.75) is 51.9 Å². The van der Waals surface area contributed by atoms with E-state index < -0.39 is 5.60 Å². The number of aromatic nitrogens is 1. The van der Waals surface area contributed by atoms with Gasteiger partial charge in [-0.3, -0.25) is 4.57 Å². The number of hydrogen-bond acceptors (Lipinski definition) is 5.